The van der Waals surface area contributed by atoms with Crippen LogP contribution in [-0.4, -0.2) is 30.2 Å². The Morgan fingerprint density at radius 1 is 1.10 bits per heavy atom. The van der Waals surface area contributed by atoms with Crippen LogP contribution in [0.5, 0.6) is 0 Å². The van der Waals surface area contributed by atoms with Gasteiger partial charge < -0.3 is 10.5 Å². The van der Waals surface area contributed by atoms with Crippen LogP contribution in [0.3, 0.4) is 0 Å². The number of nitrogens with two attached hydrogens (primary N) is 1. The highest BCUT2D eigenvalue weighted by Gasteiger charge is 2.34. The number of aromatic nitrogens is 1. The molecule has 4 rings (SSSR count). The van der Waals surface area contributed by atoms with Gasteiger partial charge in [0.1, 0.15) is 0 Å². The van der Waals surface area contributed by atoms with Crippen molar-refractivity contribution in [3.63, 3.8) is 0 Å². The molecule has 0 saturated heterocycles. The average Bonchev–Trinajstić information content (AvgIpc) is 3.20. The van der Waals surface area contributed by atoms with Gasteiger partial charge in [-0.3, -0.25) is 9.36 Å². The van der Waals surface area contributed by atoms with Gasteiger partial charge in [0, 0.05) is 23.0 Å². The van der Waals surface area contributed by atoms with Crippen LogP contribution in [0.15, 0.2) is 64.4 Å². The highest BCUT2D eigenvalue weighted by Crippen LogP contribution is 2.32. The van der Waals surface area contributed by atoms with Crippen LogP contribution >= 0.6 is 0 Å². The first-order valence-electron chi connectivity index (χ1n) is 10.1. The number of fused-ring (bicyclic) bond motifs is 1. The van der Waals surface area contributed by atoms with Crippen LogP contribution < -0.4 is 11.3 Å². The summed E-state index contributed by atoms with van der Waals surface area (Å²) in [6, 6.07) is 13.1. The van der Waals surface area contributed by atoms with E-state index in [-0.39, 0.29) is 23.1 Å². The highest BCUT2D eigenvalue weighted by molar-refractivity contribution is 7.92. The fourth-order valence-electron chi connectivity index (χ4n) is 3.97. The minimum absolute atomic E-state index is 0.116. The topological polar surface area (TPSA) is 108 Å². The quantitative estimate of drug-likeness (QED) is 0.611. The molecule has 1 aromatic heterocycles. The van der Waals surface area contributed by atoms with Gasteiger partial charge in [0.15, 0.2) is 16.6 Å². The molecular formula is C23H24N2O5S. The van der Waals surface area contributed by atoms with Crippen molar-refractivity contribution in [2.45, 2.75) is 49.1 Å². The summed E-state index contributed by atoms with van der Waals surface area (Å²) in [7, 11) is -3.61. The summed E-state index contributed by atoms with van der Waals surface area (Å²) in [6.45, 7) is 1.65. The summed E-state index contributed by atoms with van der Waals surface area (Å²) in [5.74, 6) is -0.541. The van der Waals surface area contributed by atoms with Crippen molar-refractivity contribution in [1.82, 2.24) is 4.57 Å². The van der Waals surface area contributed by atoms with Gasteiger partial charge in [0.25, 0.3) is 5.56 Å². The zero-order valence-electron chi connectivity index (χ0n) is 17.2. The maximum Gasteiger partial charge on any atom is 0.339 e. The summed E-state index contributed by atoms with van der Waals surface area (Å²) < 4.78 is 32.8. The number of ether oxygens (including phenoxy) is 1. The molecule has 1 fully saturated rings. The van der Waals surface area contributed by atoms with Gasteiger partial charge in [-0.05, 0) is 56.5 Å². The first-order chi connectivity index (χ1) is 14.8. The van der Waals surface area contributed by atoms with Gasteiger partial charge in [0.05, 0.1) is 15.7 Å². The van der Waals surface area contributed by atoms with Crippen molar-refractivity contribution in [2.24, 2.45) is 5.73 Å². The fraction of sp³-hybridized carbons (Fsp3) is 0.304. The first-order valence-corrected chi connectivity index (χ1v) is 11.7. The van der Waals surface area contributed by atoms with E-state index >= 15 is 0 Å². The van der Waals surface area contributed by atoms with Crippen molar-refractivity contribution in [3.05, 3.63) is 76.2 Å². The third kappa shape index (κ3) is 4.13. The number of rotatable bonds is 5. The Hall–Kier alpha value is -2.97. The molecule has 2 aromatic carbocycles. The van der Waals surface area contributed by atoms with Gasteiger partial charge >= 0.3 is 5.97 Å². The third-order valence-corrected chi connectivity index (χ3v) is 8.05. The van der Waals surface area contributed by atoms with Crippen LogP contribution in [0.2, 0.25) is 0 Å². The smallest absolute Gasteiger partial charge is 0.339 e. The summed E-state index contributed by atoms with van der Waals surface area (Å²) in [4.78, 5) is 25.3. The van der Waals surface area contributed by atoms with Crippen LogP contribution in [0.4, 0.5) is 0 Å². The van der Waals surface area contributed by atoms with E-state index in [4.69, 9.17) is 10.5 Å². The molecule has 1 saturated carbocycles. The van der Waals surface area contributed by atoms with Gasteiger partial charge in [-0.25, -0.2) is 13.2 Å². The van der Waals surface area contributed by atoms with E-state index in [0.29, 0.717) is 30.2 Å². The molecule has 0 spiro atoms. The summed E-state index contributed by atoms with van der Waals surface area (Å²) >= 11 is 0. The lowest BCUT2D eigenvalue weighted by molar-refractivity contribution is 0.0367. The largest absolute Gasteiger partial charge is 0.440 e. The summed E-state index contributed by atoms with van der Waals surface area (Å²) in [6.07, 6.45) is 3.07. The molecule has 1 unspecified atom stereocenters. The molecule has 2 N–H and O–H groups in total. The van der Waals surface area contributed by atoms with E-state index in [9.17, 15) is 18.0 Å². The van der Waals surface area contributed by atoms with Crippen LogP contribution in [-0.2, 0) is 21.3 Å². The Morgan fingerprint density at radius 2 is 1.84 bits per heavy atom. The Labute approximate surface area is 180 Å². The minimum atomic E-state index is -3.61. The second kappa shape index (κ2) is 8.28. The van der Waals surface area contributed by atoms with Gasteiger partial charge in [-0.2, -0.15) is 0 Å². The number of benzene rings is 2. The van der Waals surface area contributed by atoms with E-state index in [1.54, 1.807) is 42.5 Å². The van der Waals surface area contributed by atoms with Crippen molar-refractivity contribution in [3.8, 4) is 0 Å². The number of carbonyl (C=O) groups excluding carboxylic acids is 1. The molecular weight excluding hydrogens is 416 g/mol. The molecule has 7 nitrogen and oxygen atoms in total. The van der Waals surface area contributed by atoms with Crippen molar-refractivity contribution in [2.75, 3.05) is 0 Å². The number of esters is 1. The fourth-order valence-corrected chi connectivity index (χ4v) is 6.03. The van der Waals surface area contributed by atoms with E-state index in [0.717, 1.165) is 5.56 Å². The van der Waals surface area contributed by atoms with Crippen molar-refractivity contribution in [1.29, 1.82) is 0 Å². The van der Waals surface area contributed by atoms with E-state index in [1.165, 1.54) is 16.8 Å². The van der Waals surface area contributed by atoms with Crippen molar-refractivity contribution >= 4 is 26.6 Å². The Bertz CT molecular complexity index is 1300. The lowest BCUT2D eigenvalue weighted by Gasteiger charge is -2.15. The third-order valence-electron chi connectivity index (χ3n) is 5.77. The summed E-state index contributed by atoms with van der Waals surface area (Å²) in [5, 5.41) is 0.0948. The summed E-state index contributed by atoms with van der Waals surface area (Å²) in [5.41, 5.74) is 6.89. The highest BCUT2D eigenvalue weighted by atomic mass is 32.2. The zero-order valence-corrected chi connectivity index (χ0v) is 18.0. The predicted octanol–water partition coefficient (Wildman–Crippen LogP) is 2.78. The average molecular weight is 441 g/mol. The number of aryl methyl sites for hydroxylation is 1. The monoisotopic (exact) mass is 440 g/mol. The van der Waals surface area contributed by atoms with E-state index in [2.05, 4.69) is 0 Å². The molecule has 1 aliphatic rings. The standard InChI is InChI=1S/C23H24N2O5S/c1-15-5-7-16(8-6-15)23(27)30-14-25-12-11-19-20(22(25)26)3-2-4-21(19)31(28,29)18-10-9-17(24)13-18/h2-8,11-12,17-18H,9-10,13-14,24H2,1H3/t17-,18?/m0/s1. The van der Waals surface area contributed by atoms with E-state index in [1.807, 2.05) is 6.92 Å². The zero-order chi connectivity index (χ0) is 22.2. The second-order valence-electron chi connectivity index (χ2n) is 7.98. The SMILES string of the molecule is Cc1ccc(C(=O)OCn2ccc3c(S(=O)(=O)C4CC[C@H](N)C4)cccc3c2=O)cc1. The molecule has 2 atom stereocenters. The molecule has 0 aliphatic heterocycles. The molecule has 8 heteroatoms. The number of hydrogen-bond acceptors (Lipinski definition) is 6. The molecule has 0 amide bonds. The molecule has 3 aromatic rings. The Balaban J connectivity index is 1.62. The number of carbonyl (C=O) groups is 1. The van der Waals surface area contributed by atoms with Crippen LogP contribution in [0.25, 0.3) is 10.8 Å². The van der Waals surface area contributed by atoms with Crippen LogP contribution in [0.1, 0.15) is 35.2 Å². The maximum absolute atomic E-state index is 13.2. The minimum Gasteiger partial charge on any atom is -0.440 e. The second-order valence-corrected chi connectivity index (χ2v) is 10.2. The molecule has 162 valence electrons. The number of sulfone groups is 1. The lowest BCUT2D eigenvalue weighted by atomic mass is 10.1. The molecule has 0 radical (unpaired) electrons. The Morgan fingerprint density at radius 3 is 2.52 bits per heavy atom. The first kappa shape index (κ1) is 21.3. The molecule has 1 heterocycles. The van der Waals surface area contributed by atoms with E-state index < -0.39 is 26.6 Å². The number of hydrogen-bond donors (Lipinski definition) is 1. The molecule has 31 heavy (non-hydrogen) atoms. The predicted molar refractivity (Wildman–Crippen MR) is 118 cm³/mol. The van der Waals surface area contributed by atoms with Gasteiger partial charge in [-0.15, -0.1) is 0 Å². The number of nitrogens with zero attached hydrogens (tertiary/aromatic N) is 1. The normalized spacial score (nSPS) is 18.9. The molecule has 0 bridgehead atoms. The van der Waals surface area contributed by atoms with Crippen LogP contribution in [0, 0.1) is 6.92 Å². The molecule has 1 aliphatic carbocycles. The Kier molecular flexibility index (Phi) is 5.68. The van der Waals surface area contributed by atoms with Gasteiger partial charge in [-0.1, -0.05) is 23.8 Å². The lowest BCUT2D eigenvalue weighted by Crippen LogP contribution is -2.24. The van der Waals surface area contributed by atoms with Gasteiger partial charge in [0.2, 0.25) is 0 Å². The number of pyridine rings is 1. The van der Waals surface area contributed by atoms with Crippen molar-refractivity contribution < 1.29 is 17.9 Å². The maximum atomic E-state index is 13.2.